The molecule has 146 valence electrons. The van der Waals surface area contributed by atoms with Gasteiger partial charge in [-0.1, -0.05) is 29.8 Å². The van der Waals surface area contributed by atoms with E-state index in [9.17, 15) is 9.59 Å². The Labute approximate surface area is 171 Å². The number of pyridine rings is 1. The lowest BCUT2D eigenvalue weighted by Gasteiger charge is -2.08. The predicted octanol–water partition coefficient (Wildman–Crippen LogP) is 4.04. The Kier molecular flexibility index (Phi) is 5.05. The second-order valence-electron chi connectivity index (χ2n) is 6.15. The fraction of sp³-hybridized carbons (Fsp3) is 0.0952. The van der Waals surface area contributed by atoms with Gasteiger partial charge < -0.3 is 19.8 Å². The number of ketones is 1. The van der Waals surface area contributed by atoms with Crippen molar-refractivity contribution in [3.8, 4) is 0 Å². The van der Waals surface area contributed by atoms with Crippen LogP contribution in [0, 0.1) is 0 Å². The summed E-state index contributed by atoms with van der Waals surface area (Å²) in [6.07, 6.45) is 4.75. The van der Waals surface area contributed by atoms with Gasteiger partial charge >= 0.3 is 5.97 Å². The van der Waals surface area contributed by atoms with Crippen molar-refractivity contribution in [2.24, 2.45) is 0 Å². The van der Waals surface area contributed by atoms with Crippen molar-refractivity contribution < 1.29 is 19.1 Å². The molecule has 29 heavy (non-hydrogen) atoms. The smallest absolute Gasteiger partial charge is 0.347 e. The van der Waals surface area contributed by atoms with Crippen LogP contribution in [0.3, 0.4) is 0 Å². The molecule has 0 atom stereocenters. The largest absolute Gasteiger partial charge is 0.462 e. The van der Waals surface area contributed by atoms with Gasteiger partial charge in [0.2, 0.25) is 11.7 Å². The number of allylic oxidation sites excluding steroid dienone is 1. The van der Waals surface area contributed by atoms with Gasteiger partial charge in [0.05, 0.1) is 11.6 Å². The number of H-pyrrole nitrogens is 1. The van der Waals surface area contributed by atoms with Crippen molar-refractivity contribution >= 4 is 46.2 Å². The van der Waals surface area contributed by atoms with Crippen molar-refractivity contribution in [2.75, 3.05) is 11.9 Å². The third-order valence-electron chi connectivity index (χ3n) is 4.22. The van der Waals surface area contributed by atoms with Crippen molar-refractivity contribution in [1.82, 2.24) is 9.97 Å². The van der Waals surface area contributed by atoms with Crippen LogP contribution in [0.15, 0.2) is 66.0 Å². The molecule has 0 radical (unpaired) electrons. The molecule has 8 heteroatoms. The van der Waals surface area contributed by atoms with Gasteiger partial charge in [0.1, 0.15) is 5.65 Å². The summed E-state index contributed by atoms with van der Waals surface area (Å²) in [6.45, 7) is 1.81. The molecule has 7 nitrogen and oxygen atoms in total. The van der Waals surface area contributed by atoms with E-state index >= 15 is 0 Å². The van der Waals surface area contributed by atoms with Gasteiger partial charge in [-0.05, 0) is 31.2 Å². The molecule has 0 spiro atoms. The van der Waals surface area contributed by atoms with E-state index in [1.54, 1.807) is 31.3 Å². The molecule has 0 fully saturated rings. The molecule has 2 aromatic heterocycles. The van der Waals surface area contributed by atoms with Gasteiger partial charge in [-0.15, -0.1) is 0 Å². The summed E-state index contributed by atoms with van der Waals surface area (Å²) >= 11 is 6.03. The monoisotopic (exact) mass is 409 g/mol. The molecule has 3 aromatic rings. The first-order valence-electron chi connectivity index (χ1n) is 8.87. The minimum absolute atomic E-state index is 0.00707. The number of fused-ring (bicyclic) bond motifs is 1. The van der Waals surface area contributed by atoms with Crippen molar-refractivity contribution in [3.05, 3.63) is 76.6 Å². The molecule has 0 unspecified atom stereocenters. The Balaban J connectivity index is 1.71. The van der Waals surface area contributed by atoms with Crippen LogP contribution in [0.2, 0.25) is 5.02 Å². The van der Waals surface area contributed by atoms with Crippen molar-refractivity contribution in [1.29, 1.82) is 0 Å². The number of nitrogens with one attached hydrogen (secondary N) is 2. The number of carbonyl (C=O) groups is 2. The standard InChI is InChI=1S/C21H16ClN3O4/c1-2-28-21(27)17-18(26)16(29-20(17)25-14-6-4-3-5-7-14)8-12-10-23-19-15(12)9-13(22)11-24-19/h3-11,25H,2H2,1H3,(H,23,24)/b16-8-. The number of halogens is 1. The molecule has 3 heterocycles. The highest BCUT2D eigenvalue weighted by Gasteiger charge is 2.37. The summed E-state index contributed by atoms with van der Waals surface area (Å²) in [5.74, 6) is -1.29. The van der Waals surface area contributed by atoms with Gasteiger partial charge in [-0.25, -0.2) is 9.78 Å². The van der Waals surface area contributed by atoms with Gasteiger partial charge in [0.25, 0.3) is 0 Å². The van der Waals surface area contributed by atoms with E-state index in [2.05, 4.69) is 15.3 Å². The average molecular weight is 410 g/mol. The molecule has 1 aliphatic heterocycles. The molecule has 4 rings (SSSR count). The van der Waals surface area contributed by atoms with Crippen LogP contribution in [0.25, 0.3) is 17.1 Å². The Morgan fingerprint density at radius 3 is 2.90 bits per heavy atom. The van der Waals surface area contributed by atoms with Crippen LogP contribution >= 0.6 is 11.6 Å². The van der Waals surface area contributed by atoms with Gasteiger partial charge in [0.15, 0.2) is 11.3 Å². The van der Waals surface area contributed by atoms with E-state index in [0.717, 1.165) is 5.39 Å². The minimum atomic E-state index is -0.747. The summed E-state index contributed by atoms with van der Waals surface area (Å²) in [5.41, 5.74) is 1.76. The molecule has 1 aliphatic rings. The van der Waals surface area contributed by atoms with Crippen LogP contribution < -0.4 is 5.32 Å². The fourth-order valence-electron chi connectivity index (χ4n) is 2.92. The zero-order chi connectivity index (χ0) is 20.4. The summed E-state index contributed by atoms with van der Waals surface area (Å²) in [7, 11) is 0. The molecule has 0 aliphatic carbocycles. The number of hydrogen-bond donors (Lipinski definition) is 2. The molecular formula is C21H16ClN3O4. The lowest BCUT2D eigenvalue weighted by Crippen LogP contribution is -2.16. The van der Waals surface area contributed by atoms with E-state index in [4.69, 9.17) is 21.1 Å². The number of rotatable bonds is 5. The van der Waals surface area contributed by atoms with Crippen LogP contribution in [0.4, 0.5) is 5.69 Å². The zero-order valence-electron chi connectivity index (χ0n) is 15.4. The number of hydrogen-bond acceptors (Lipinski definition) is 6. The van der Waals surface area contributed by atoms with E-state index < -0.39 is 11.8 Å². The molecular weight excluding hydrogens is 394 g/mol. The van der Waals surface area contributed by atoms with E-state index in [-0.39, 0.29) is 23.8 Å². The van der Waals surface area contributed by atoms with E-state index in [0.29, 0.717) is 21.9 Å². The van der Waals surface area contributed by atoms with Gasteiger partial charge in [-0.3, -0.25) is 4.79 Å². The van der Waals surface area contributed by atoms with E-state index in [1.807, 2.05) is 18.2 Å². The third kappa shape index (κ3) is 3.72. The maximum absolute atomic E-state index is 12.9. The topological polar surface area (TPSA) is 93.3 Å². The number of anilines is 1. The van der Waals surface area contributed by atoms with Crippen LogP contribution in [0.1, 0.15) is 12.5 Å². The first kappa shape index (κ1) is 18.8. The number of nitrogens with zero attached hydrogens (tertiary/aromatic N) is 1. The van der Waals surface area contributed by atoms with Crippen LogP contribution in [0.5, 0.6) is 0 Å². The lowest BCUT2D eigenvalue weighted by molar-refractivity contribution is -0.139. The molecule has 0 amide bonds. The molecule has 1 aromatic carbocycles. The third-order valence-corrected chi connectivity index (χ3v) is 4.42. The quantitative estimate of drug-likeness (QED) is 0.375. The number of ether oxygens (including phenoxy) is 2. The lowest BCUT2D eigenvalue weighted by atomic mass is 10.1. The SMILES string of the molecule is CCOC(=O)C1=C(Nc2ccccc2)O/C(=C\c2c[nH]c3ncc(Cl)cc23)C1=O. The van der Waals surface area contributed by atoms with Crippen LogP contribution in [-0.2, 0) is 19.1 Å². The number of aromatic amines is 1. The van der Waals surface area contributed by atoms with E-state index in [1.165, 1.54) is 12.3 Å². The highest BCUT2D eigenvalue weighted by atomic mass is 35.5. The second-order valence-corrected chi connectivity index (χ2v) is 6.59. The number of aromatic nitrogens is 2. The highest BCUT2D eigenvalue weighted by Crippen LogP contribution is 2.30. The summed E-state index contributed by atoms with van der Waals surface area (Å²) in [5, 5.41) is 4.16. The Hall–Kier alpha value is -3.58. The number of carbonyl (C=O) groups excluding carboxylic acids is 2. The first-order chi connectivity index (χ1) is 14.1. The number of para-hydroxylation sites is 1. The molecule has 0 bridgehead atoms. The highest BCUT2D eigenvalue weighted by molar-refractivity contribution is 6.31. The molecule has 0 saturated carbocycles. The number of esters is 1. The molecule has 2 N–H and O–H groups in total. The summed E-state index contributed by atoms with van der Waals surface area (Å²) in [6, 6.07) is 10.8. The predicted molar refractivity (Wildman–Crippen MR) is 109 cm³/mol. The second kappa shape index (κ2) is 7.81. The minimum Gasteiger partial charge on any atom is -0.462 e. The maximum Gasteiger partial charge on any atom is 0.347 e. The molecule has 0 saturated heterocycles. The maximum atomic E-state index is 12.9. The van der Waals surface area contributed by atoms with Gasteiger partial charge in [-0.2, -0.15) is 0 Å². The summed E-state index contributed by atoms with van der Waals surface area (Å²) in [4.78, 5) is 32.5. The normalized spacial score (nSPS) is 15.1. The van der Waals surface area contributed by atoms with Crippen LogP contribution in [-0.4, -0.2) is 28.3 Å². The number of benzene rings is 1. The Morgan fingerprint density at radius 2 is 2.14 bits per heavy atom. The van der Waals surface area contributed by atoms with Gasteiger partial charge in [0, 0.05) is 29.0 Å². The number of Topliss-reactive ketones (excluding diaryl/α,β-unsaturated/α-hetero) is 1. The van der Waals surface area contributed by atoms with Crippen molar-refractivity contribution in [3.63, 3.8) is 0 Å². The fourth-order valence-corrected chi connectivity index (χ4v) is 3.07. The van der Waals surface area contributed by atoms with Crippen molar-refractivity contribution in [2.45, 2.75) is 6.92 Å². The Bertz CT molecular complexity index is 1170. The Morgan fingerprint density at radius 1 is 1.34 bits per heavy atom. The average Bonchev–Trinajstić information content (AvgIpc) is 3.24. The zero-order valence-corrected chi connectivity index (χ0v) is 16.1. The first-order valence-corrected chi connectivity index (χ1v) is 9.25. The summed E-state index contributed by atoms with van der Waals surface area (Å²) < 4.78 is 10.8.